The maximum Gasteiger partial charge on any atom is 0.326 e. The fraction of sp³-hybridized carbons (Fsp3) is 0.810. The molecule has 12 heteroatoms. The van der Waals surface area contributed by atoms with Crippen LogP contribution in [0.3, 0.4) is 0 Å². The van der Waals surface area contributed by atoms with Crippen LogP contribution in [0, 0.1) is 0 Å². The number of aliphatic carboxylic acids is 1. The highest BCUT2D eigenvalue weighted by Crippen LogP contribution is 2.20. The first-order chi connectivity index (χ1) is 15.6. The lowest BCUT2D eigenvalue weighted by Gasteiger charge is -2.30. The van der Waals surface area contributed by atoms with Crippen molar-refractivity contribution < 1.29 is 29.4 Å². The number of likely N-dealkylation sites (tertiary alicyclic amines) is 1. The van der Waals surface area contributed by atoms with Gasteiger partial charge < -0.3 is 42.9 Å². The van der Waals surface area contributed by atoms with Gasteiger partial charge in [-0.1, -0.05) is 0 Å². The molecule has 1 heterocycles. The van der Waals surface area contributed by atoms with E-state index in [0.717, 1.165) is 0 Å². The summed E-state index contributed by atoms with van der Waals surface area (Å²) in [5.74, 6) is -2.78. The van der Waals surface area contributed by atoms with E-state index in [-0.39, 0.29) is 6.42 Å². The van der Waals surface area contributed by atoms with Crippen molar-refractivity contribution in [1.29, 1.82) is 0 Å². The summed E-state index contributed by atoms with van der Waals surface area (Å²) in [6.07, 6.45) is 2.84. The monoisotopic (exact) mass is 472 g/mol. The predicted octanol–water partition coefficient (Wildman–Crippen LogP) is -2.00. The van der Waals surface area contributed by atoms with Crippen molar-refractivity contribution in [2.75, 3.05) is 19.6 Å². The Balaban J connectivity index is 2.90. The SMILES string of the molecule is C[C@@H](O)[C@H](N)C(=O)N[C@@H](CCCCN)C(=O)N1CCC[C@H]1C(=O)N[C@@H](CCCCN)C(=O)O. The summed E-state index contributed by atoms with van der Waals surface area (Å²) < 4.78 is 0. The number of nitrogens with zero attached hydrogens (tertiary/aromatic N) is 1. The summed E-state index contributed by atoms with van der Waals surface area (Å²) >= 11 is 0. The van der Waals surface area contributed by atoms with Crippen molar-refractivity contribution in [2.24, 2.45) is 17.2 Å². The van der Waals surface area contributed by atoms with E-state index >= 15 is 0 Å². The number of rotatable bonds is 15. The third-order valence-electron chi connectivity index (χ3n) is 5.78. The van der Waals surface area contributed by atoms with Crippen LogP contribution in [0.1, 0.15) is 58.3 Å². The average molecular weight is 473 g/mol. The first-order valence-electron chi connectivity index (χ1n) is 11.6. The number of hydrogen-bond acceptors (Lipinski definition) is 8. The van der Waals surface area contributed by atoms with Gasteiger partial charge in [0.2, 0.25) is 17.7 Å². The number of amides is 3. The van der Waals surface area contributed by atoms with Crippen LogP contribution in [-0.4, -0.2) is 88.7 Å². The lowest BCUT2D eigenvalue weighted by molar-refractivity contribution is -0.145. The van der Waals surface area contributed by atoms with Gasteiger partial charge in [0.05, 0.1) is 6.10 Å². The van der Waals surface area contributed by atoms with Gasteiger partial charge in [0.1, 0.15) is 24.2 Å². The number of nitrogens with one attached hydrogen (secondary N) is 2. The molecular weight excluding hydrogens is 432 g/mol. The third kappa shape index (κ3) is 9.24. The van der Waals surface area contributed by atoms with E-state index < -0.39 is 54.0 Å². The minimum absolute atomic E-state index is 0.244. The molecule has 10 N–H and O–H groups in total. The zero-order chi connectivity index (χ0) is 25.0. The van der Waals surface area contributed by atoms with Gasteiger partial charge in [-0.05, 0) is 71.4 Å². The highest BCUT2D eigenvalue weighted by Gasteiger charge is 2.39. The minimum atomic E-state index is -1.20. The molecule has 3 amide bonds. The lowest BCUT2D eigenvalue weighted by Crippen LogP contribution is -2.57. The Bertz CT molecular complexity index is 661. The number of hydrogen-bond donors (Lipinski definition) is 7. The summed E-state index contributed by atoms with van der Waals surface area (Å²) in [6.45, 7) is 2.55. The van der Waals surface area contributed by atoms with Gasteiger partial charge in [0, 0.05) is 6.54 Å². The summed E-state index contributed by atoms with van der Waals surface area (Å²) in [7, 11) is 0. The van der Waals surface area contributed by atoms with Gasteiger partial charge >= 0.3 is 5.97 Å². The topological polar surface area (TPSA) is 214 Å². The van der Waals surface area contributed by atoms with Crippen molar-refractivity contribution in [2.45, 2.75) is 88.6 Å². The van der Waals surface area contributed by atoms with Crippen LogP contribution in [-0.2, 0) is 19.2 Å². The van der Waals surface area contributed by atoms with Crippen molar-refractivity contribution in [3.8, 4) is 0 Å². The molecule has 190 valence electrons. The first-order valence-corrected chi connectivity index (χ1v) is 11.6. The van der Waals surface area contributed by atoms with Crippen molar-refractivity contribution in [1.82, 2.24) is 15.5 Å². The Hall–Kier alpha value is -2.28. The molecule has 0 aromatic rings. The number of carboxylic acids is 1. The smallest absolute Gasteiger partial charge is 0.326 e. The Morgan fingerprint density at radius 1 is 1.00 bits per heavy atom. The molecular formula is C21H40N6O6. The highest BCUT2D eigenvalue weighted by molar-refractivity contribution is 5.94. The van der Waals surface area contributed by atoms with Crippen LogP contribution in [0.5, 0.6) is 0 Å². The Labute approximate surface area is 194 Å². The average Bonchev–Trinajstić information content (AvgIpc) is 3.26. The third-order valence-corrected chi connectivity index (χ3v) is 5.78. The number of aliphatic hydroxyl groups excluding tert-OH is 1. The first kappa shape index (κ1) is 28.8. The van der Waals surface area contributed by atoms with Crippen LogP contribution in [0.4, 0.5) is 0 Å². The number of carbonyl (C=O) groups is 4. The fourth-order valence-corrected chi connectivity index (χ4v) is 3.76. The summed E-state index contributed by atoms with van der Waals surface area (Å²) in [4.78, 5) is 51.4. The van der Waals surface area contributed by atoms with Gasteiger partial charge in [0.25, 0.3) is 0 Å². The quantitative estimate of drug-likeness (QED) is 0.131. The van der Waals surface area contributed by atoms with E-state index in [1.54, 1.807) is 0 Å². The van der Waals surface area contributed by atoms with Gasteiger partial charge in [-0.3, -0.25) is 14.4 Å². The Kier molecular flexibility index (Phi) is 12.9. The minimum Gasteiger partial charge on any atom is -0.480 e. The molecule has 0 radical (unpaired) electrons. The molecule has 1 fully saturated rings. The molecule has 33 heavy (non-hydrogen) atoms. The van der Waals surface area contributed by atoms with Crippen molar-refractivity contribution >= 4 is 23.7 Å². The molecule has 0 bridgehead atoms. The van der Waals surface area contributed by atoms with Crippen LogP contribution < -0.4 is 27.8 Å². The van der Waals surface area contributed by atoms with E-state index in [1.807, 2.05) is 0 Å². The summed E-state index contributed by atoms with van der Waals surface area (Å²) in [5.41, 5.74) is 16.7. The fourth-order valence-electron chi connectivity index (χ4n) is 3.76. The van der Waals surface area contributed by atoms with Crippen LogP contribution in [0.25, 0.3) is 0 Å². The van der Waals surface area contributed by atoms with E-state index in [2.05, 4.69) is 10.6 Å². The normalized spacial score (nSPS) is 19.4. The molecule has 0 aromatic heterocycles. The lowest BCUT2D eigenvalue weighted by atomic mass is 10.1. The number of carbonyl (C=O) groups excluding carboxylic acids is 3. The molecule has 0 unspecified atom stereocenters. The zero-order valence-corrected chi connectivity index (χ0v) is 19.4. The second-order valence-electron chi connectivity index (χ2n) is 8.49. The maximum absolute atomic E-state index is 13.3. The molecule has 5 atom stereocenters. The van der Waals surface area contributed by atoms with E-state index in [0.29, 0.717) is 64.6 Å². The molecule has 1 aliphatic heterocycles. The van der Waals surface area contributed by atoms with Gasteiger partial charge in [-0.15, -0.1) is 0 Å². The van der Waals surface area contributed by atoms with Crippen LogP contribution in [0.2, 0.25) is 0 Å². The zero-order valence-electron chi connectivity index (χ0n) is 19.4. The molecule has 0 saturated carbocycles. The van der Waals surface area contributed by atoms with E-state index in [9.17, 15) is 29.4 Å². The number of nitrogens with two attached hydrogens (primary N) is 3. The maximum atomic E-state index is 13.3. The van der Waals surface area contributed by atoms with Crippen LogP contribution in [0.15, 0.2) is 0 Å². The molecule has 1 rings (SSSR count). The molecule has 0 aliphatic carbocycles. The largest absolute Gasteiger partial charge is 0.480 e. The highest BCUT2D eigenvalue weighted by atomic mass is 16.4. The van der Waals surface area contributed by atoms with E-state index in [4.69, 9.17) is 17.2 Å². The Morgan fingerprint density at radius 2 is 1.58 bits per heavy atom. The molecule has 1 saturated heterocycles. The number of aliphatic hydroxyl groups is 1. The van der Waals surface area contributed by atoms with Gasteiger partial charge in [-0.2, -0.15) is 0 Å². The van der Waals surface area contributed by atoms with Gasteiger partial charge in [-0.25, -0.2) is 4.79 Å². The van der Waals surface area contributed by atoms with Crippen molar-refractivity contribution in [3.63, 3.8) is 0 Å². The second-order valence-corrected chi connectivity index (χ2v) is 8.49. The molecule has 12 nitrogen and oxygen atoms in total. The number of carboxylic acid groups (broad SMARTS) is 1. The molecule has 1 aliphatic rings. The second kappa shape index (κ2) is 14.8. The molecule has 0 aromatic carbocycles. The summed E-state index contributed by atoms with van der Waals surface area (Å²) in [5, 5.41) is 24.1. The van der Waals surface area contributed by atoms with Gasteiger partial charge in [0.15, 0.2) is 0 Å². The van der Waals surface area contributed by atoms with Crippen molar-refractivity contribution in [3.05, 3.63) is 0 Å². The predicted molar refractivity (Wildman–Crippen MR) is 122 cm³/mol. The van der Waals surface area contributed by atoms with E-state index in [1.165, 1.54) is 11.8 Å². The number of unbranched alkanes of at least 4 members (excludes halogenated alkanes) is 2. The Morgan fingerprint density at radius 3 is 2.09 bits per heavy atom. The summed E-state index contributed by atoms with van der Waals surface area (Å²) in [6, 6.07) is -4.02. The molecule has 0 spiro atoms. The van der Waals surface area contributed by atoms with Crippen LogP contribution >= 0.6 is 0 Å². The standard InChI is InChI=1S/C21H40N6O6/c1-13(28)17(24)19(30)25-14(7-2-4-10-22)20(31)27-12-6-9-16(27)18(29)26-15(21(32)33)8-3-5-11-23/h13-17,28H,2-12,22-24H2,1H3,(H,25,30)(H,26,29)(H,32,33)/t13-,14+,15+,16+,17+/m1/s1.